The number of fused-ring (bicyclic) bond motifs is 3. The average molecular weight is 906 g/mol. The van der Waals surface area contributed by atoms with Crippen LogP contribution in [0.25, 0.3) is 71.8 Å². The van der Waals surface area contributed by atoms with Gasteiger partial charge in [-0.05, 0) is 45.7 Å². The fraction of sp³-hybridized carbons (Fsp3) is 0.0833. The van der Waals surface area contributed by atoms with E-state index in [1.54, 1.807) is 18.5 Å². The van der Waals surface area contributed by atoms with E-state index in [-0.39, 0.29) is 26.5 Å². The van der Waals surface area contributed by atoms with Gasteiger partial charge in [0.1, 0.15) is 17.8 Å². The van der Waals surface area contributed by atoms with E-state index in [1.807, 2.05) is 65.4 Å². The Hall–Kier alpha value is -6.61. The Bertz CT molecular complexity index is 2840. The molecule has 0 fully saturated rings. The molecule has 0 amide bonds. The van der Waals surface area contributed by atoms with Crippen molar-refractivity contribution in [1.29, 1.82) is 0 Å². The summed E-state index contributed by atoms with van der Waals surface area (Å²) in [6.07, 6.45) is 3.58. The third-order valence-corrected chi connectivity index (χ3v) is 9.81. The molecule has 0 saturated carbocycles. The number of ether oxygens (including phenoxy) is 1. The van der Waals surface area contributed by atoms with E-state index in [2.05, 4.69) is 125 Å². The number of hydrogen-bond acceptors (Lipinski definition) is 4. The summed E-state index contributed by atoms with van der Waals surface area (Å²) in [6, 6.07) is 53.7. The minimum atomic E-state index is -0.0487. The van der Waals surface area contributed by atoms with Crippen molar-refractivity contribution in [3.05, 3.63) is 181 Å². The zero-order valence-corrected chi connectivity index (χ0v) is 33.1. The van der Waals surface area contributed by atoms with Crippen molar-refractivity contribution < 1.29 is 25.8 Å². The van der Waals surface area contributed by atoms with Gasteiger partial charge in [0.05, 0.1) is 18.1 Å². The molecule has 0 aliphatic rings. The van der Waals surface area contributed by atoms with Crippen molar-refractivity contribution in [2.24, 2.45) is 0 Å². The minimum Gasteiger partial charge on any atom is -0.504 e. The maximum atomic E-state index is 8.00. The quantitative estimate of drug-likeness (QED) is 0.150. The summed E-state index contributed by atoms with van der Waals surface area (Å²) >= 11 is 0. The summed E-state index contributed by atoms with van der Waals surface area (Å²) in [7, 11) is 0. The van der Waals surface area contributed by atoms with Crippen molar-refractivity contribution in [2.75, 3.05) is 0 Å². The smallest absolute Gasteiger partial charge is 0.504 e. The fourth-order valence-electron chi connectivity index (χ4n) is 7.15. The third kappa shape index (κ3) is 6.70. The largest absolute Gasteiger partial charge is 2.00 e. The standard InChI is InChI=1S/C48H34N6O.Pt/c1-48(2,3)35-24-25-50-45(28-35)54-43-21-12-11-18-41(43)42-23-22-37(30-44(42)54)55-38-27-34(26-36(29-38)49-4)47-52-51-31-53(47)46-39(32-14-7-5-8-15-32)19-13-20-40(46)33-16-9-6-10-17-33;/h5-26,28-29,31H,1-3H3;/q-2;+2. The molecule has 9 rings (SSSR count). The minimum absolute atomic E-state index is 0. The van der Waals surface area contributed by atoms with Crippen molar-refractivity contribution in [3.8, 4) is 56.6 Å². The molecule has 0 aliphatic carbocycles. The van der Waals surface area contributed by atoms with Crippen molar-refractivity contribution in [3.63, 3.8) is 0 Å². The Morgan fingerprint density at radius 1 is 0.696 bits per heavy atom. The van der Waals surface area contributed by atoms with Crippen LogP contribution in [0, 0.1) is 18.7 Å². The van der Waals surface area contributed by atoms with Crippen LogP contribution < -0.4 is 4.74 Å². The number of aromatic nitrogens is 5. The molecule has 272 valence electrons. The Balaban J connectivity index is 0.00000441. The predicted octanol–water partition coefficient (Wildman–Crippen LogP) is 12.0. The van der Waals surface area contributed by atoms with Gasteiger partial charge in [-0.1, -0.05) is 135 Å². The van der Waals surface area contributed by atoms with Crippen LogP contribution in [-0.4, -0.2) is 24.3 Å². The molecule has 3 heterocycles. The monoisotopic (exact) mass is 905 g/mol. The van der Waals surface area contributed by atoms with Crippen molar-refractivity contribution in [2.45, 2.75) is 26.2 Å². The maximum absolute atomic E-state index is 8.00. The van der Waals surface area contributed by atoms with E-state index in [1.165, 1.54) is 5.56 Å². The van der Waals surface area contributed by atoms with Gasteiger partial charge in [0.25, 0.3) is 0 Å². The Labute approximate surface area is 340 Å². The van der Waals surface area contributed by atoms with E-state index in [0.717, 1.165) is 55.6 Å². The van der Waals surface area contributed by atoms with Crippen molar-refractivity contribution >= 4 is 27.5 Å². The van der Waals surface area contributed by atoms with Crippen LogP contribution in [0.15, 0.2) is 152 Å². The summed E-state index contributed by atoms with van der Waals surface area (Å²) in [5.41, 5.74) is 9.02. The summed E-state index contributed by atoms with van der Waals surface area (Å²) in [5.74, 6) is 2.18. The molecule has 6 aromatic carbocycles. The van der Waals surface area contributed by atoms with Crippen LogP contribution >= 0.6 is 0 Å². The second kappa shape index (κ2) is 14.9. The normalized spacial score (nSPS) is 11.3. The zero-order valence-electron chi connectivity index (χ0n) is 30.8. The maximum Gasteiger partial charge on any atom is 2.00 e. The van der Waals surface area contributed by atoms with Gasteiger partial charge in [-0.15, -0.1) is 34.2 Å². The molecule has 0 N–H and O–H groups in total. The molecule has 7 nitrogen and oxygen atoms in total. The molecular formula is C48H34N6OPt. The zero-order chi connectivity index (χ0) is 37.5. The van der Waals surface area contributed by atoms with Gasteiger partial charge in [0.15, 0.2) is 0 Å². The van der Waals surface area contributed by atoms with Gasteiger partial charge in [0.2, 0.25) is 0 Å². The molecular weight excluding hydrogens is 872 g/mol. The Kier molecular flexibility index (Phi) is 9.68. The first-order valence-corrected chi connectivity index (χ1v) is 18.1. The van der Waals surface area contributed by atoms with Crippen LogP contribution in [0.4, 0.5) is 5.69 Å². The Morgan fingerprint density at radius 3 is 2.09 bits per heavy atom. The molecule has 8 heteroatoms. The first-order valence-electron chi connectivity index (χ1n) is 18.1. The topological polar surface area (TPSA) is 62.1 Å². The van der Waals surface area contributed by atoms with Crippen LogP contribution in [0.2, 0.25) is 0 Å². The number of para-hydroxylation sites is 2. The molecule has 0 atom stereocenters. The molecule has 0 spiro atoms. The second-order valence-electron chi connectivity index (χ2n) is 14.4. The van der Waals surface area contributed by atoms with Gasteiger partial charge in [-0.25, -0.2) is 4.98 Å². The third-order valence-electron chi connectivity index (χ3n) is 9.81. The summed E-state index contributed by atoms with van der Waals surface area (Å²) in [4.78, 5) is 8.61. The first-order chi connectivity index (χ1) is 26.9. The second-order valence-corrected chi connectivity index (χ2v) is 14.4. The van der Waals surface area contributed by atoms with E-state index < -0.39 is 0 Å². The molecule has 0 unspecified atom stereocenters. The molecule has 3 aromatic heterocycles. The van der Waals surface area contributed by atoms with E-state index in [9.17, 15) is 0 Å². The predicted molar refractivity (Wildman–Crippen MR) is 219 cm³/mol. The number of benzene rings is 6. The van der Waals surface area contributed by atoms with Gasteiger partial charge in [-0.2, -0.15) is 11.2 Å². The SMILES string of the molecule is [C-]#[N+]c1cc(Oc2[c-]c3c(cc2)c2ccccc2n3-c2cc(C(C)(C)C)ccn2)[c-]c(-c2nncn2-c2c(-c3ccccc3)cccc2-c2ccccc2)c1.[Pt+2]. The number of rotatable bonds is 7. The van der Waals surface area contributed by atoms with Crippen LogP contribution in [-0.2, 0) is 26.5 Å². The van der Waals surface area contributed by atoms with Crippen LogP contribution in [0.1, 0.15) is 26.3 Å². The molecule has 9 aromatic rings. The summed E-state index contributed by atoms with van der Waals surface area (Å²) in [6.45, 7) is 14.6. The number of nitrogens with zero attached hydrogens (tertiary/aromatic N) is 6. The van der Waals surface area contributed by atoms with Crippen LogP contribution in [0.3, 0.4) is 0 Å². The van der Waals surface area contributed by atoms with Gasteiger partial charge < -0.3 is 13.9 Å². The van der Waals surface area contributed by atoms with Gasteiger partial charge in [-0.3, -0.25) is 4.85 Å². The molecule has 0 aliphatic heterocycles. The van der Waals surface area contributed by atoms with E-state index in [4.69, 9.17) is 16.3 Å². The molecule has 0 saturated heterocycles. The van der Waals surface area contributed by atoms with E-state index >= 15 is 0 Å². The molecule has 0 bridgehead atoms. The number of hydrogen-bond donors (Lipinski definition) is 0. The van der Waals surface area contributed by atoms with Crippen molar-refractivity contribution in [1.82, 2.24) is 24.3 Å². The van der Waals surface area contributed by atoms with Crippen LogP contribution in [0.5, 0.6) is 11.5 Å². The molecule has 56 heavy (non-hydrogen) atoms. The fourth-order valence-corrected chi connectivity index (χ4v) is 7.15. The average Bonchev–Trinajstić information content (AvgIpc) is 3.84. The first kappa shape index (κ1) is 36.4. The van der Waals surface area contributed by atoms with Gasteiger partial charge in [0, 0.05) is 34.3 Å². The Morgan fingerprint density at radius 2 is 1.39 bits per heavy atom. The summed E-state index contributed by atoms with van der Waals surface area (Å²) in [5, 5.41) is 11.1. The number of pyridine rings is 1. The van der Waals surface area contributed by atoms with Gasteiger partial charge >= 0.3 is 21.1 Å². The summed E-state index contributed by atoms with van der Waals surface area (Å²) < 4.78 is 10.6. The molecule has 0 radical (unpaired) electrons. The van der Waals surface area contributed by atoms with E-state index in [0.29, 0.717) is 28.6 Å².